The summed E-state index contributed by atoms with van der Waals surface area (Å²) in [5.41, 5.74) is 2.58. The van der Waals surface area contributed by atoms with Gasteiger partial charge in [0.25, 0.3) is 0 Å². The largest absolute Gasteiger partial charge is 0.494 e. The monoisotopic (exact) mass is 387 g/mol. The van der Waals surface area contributed by atoms with Gasteiger partial charge in [-0.3, -0.25) is 0 Å². The highest BCUT2D eigenvalue weighted by Crippen LogP contribution is 2.28. The number of nitrogens with one attached hydrogen (secondary N) is 1. The normalized spacial score (nSPS) is 12.4. The SMILES string of the molecule is CCCOc1ccc(C(NC)c2csc(I)c2)cc1. The molecule has 4 heteroatoms. The van der Waals surface area contributed by atoms with Gasteiger partial charge < -0.3 is 10.1 Å². The molecule has 2 rings (SSSR count). The molecule has 1 N–H and O–H groups in total. The lowest BCUT2D eigenvalue weighted by molar-refractivity contribution is 0.317. The maximum Gasteiger partial charge on any atom is 0.119 e. The van der Waals surface area contributed by atoms with Crippen molar-refractivity contribution in [3.8, 4) is 5.75 Å². The second-order valence-electron chi connectivity index (χ2n) is 4.32. The van der Waals surface area contributed by atoms with Gasteiger partial charge in [0, 0.05) is 0 Å². The minimum Gasteiger partial charge on any atom is -0.494 e. The molecule has 1 aromatic carbocycles. The molecule has 1 heterocycles. The molecule has 0 aliphatic rings. The van der Waals surface area contributed by atoms with Gasteiger partial charge in [-0.25, -0.2) is 0 Å². The third-order valence-electron chi connectivity index (χ3n) is 2.90. The Morgan fingerprint density at radius 2 is 2.00 bits per heavy atom. The van der Waals surface area contributed by atoms with Crippen molar-refractivity contribution in [2.75, 3.05) is 13.7 Å². The van der Waals surface area contributed by atoms with Gasteiger partial charge in [0.2, 0.25) is 0 Å². The van der Waals surface area contributed by atoms with E-state index in [1.165, 1.54) is 14.0 Å². The van der Waals surface area contributed by atoms with Gasteiger partial charge in [-0.1, -0.05) is 19.1 Å². The van der Waals surface area contributed by atoms with Crippen LogP contribution in [-0.4, -0.2) is 13.7 Å². The first-order chi connectivity index (χ1) is 9.24. The molecule has 19 heavy (non-hydrogen) atoms. The number of hydrogen-bond acceptors (Lipinski definition) is 3. The lowest BCUT2D eigenvalue weighted by Gasteiger charge is -2.16. The summed E-state index contributed by atoms with van der Waals surface area (Å²) in [6, 6.07) is 10.8. The van der Waals surface area contributed by atoms with Crippen LogP contribution in [-0.2, 0) is 0 Å². The van der Waals surface area contributed by atoms with Crippen LogP contribution in [0.3, 0.4) is 0 Å². The summed E-state index contributed by atoms with van der Waals surface area (Å²) in [6.07, 6.45) is 1.04. The molecule has 1 atom stereocenters. The Balaban J connectivity index is 2.15. The van der Waals surface area contributed by atoms with Crippen LogP contribution in [0.25, 0.3) is 0 Å². The van der Waals surface area contributed by atoms with Crippen LogP contribution in [0, 0.1) is 2.88 Å². The van der Waals surface area contributed by atoms with Crippen molar-refractivity contribution in [2.24, 2.45) is 0 Å². The number of hydrogen-bond donors (Lipinski definition) is 1. The Labute approximate surface area is 132 Å². The molecule has 0 bridgehead atoms. The van der Waals surface area contributed by atoms with E-state index >= 15 is 0 Å². The predicted molar refractivity (Wildman–Crippen MR) is 90.2 cm³/mol. The van der Waals surface area contributed by atoms with E-state index in [0.717, 1.165) is 18.8 Å². The quantitative estimate of drug-likeness (QED) is 0.740. The predicted octanol–water partition coefficient (Wildman–Crippen LogP) is 4.45. The molecular weight excluding hydrogens is 369 g/mol. The average molecular weight is 387 g/mol. The fourth-order valence-corrected chi connectivity index (χ4v) is 3.37. The van der Waals surface area contributed by atoms with E-state index in [9.17, 15) is 0 Å². The maximum atomic E-state index is 5.61. The van der Waals surface area contributed by atoms with Crippen molar-refractivity contribution in [3.05, 3.63) is 49.7 Å². The average Bonchev–Trinajstić information content (AvgIpc) is 2.85. The van der Waals surface area contributed by atoms with Crippen LogP contribution < -0.4 is 10.1 Å². The number of thiophene rings is 1. The first-order valence-corrected chi connectivity index (χ1v) is 8.34. The van der Waals surface area contributed by atoms with Gasteiger partial charge in [0.05, 0.1) is 15.5 Å². The van der Waals surface area contributed by atoms with Crippen molar-refractivity contribution >= 4 is 33.9 Å². The van der Waals surface area contributed by atoms with E-state index in [1.807, 2.05) is 19.2 Å². The minimum absolute atomic E-state index is 0.250. The van der Waals surface area contributed by atoms with E-state index in [2.05, 4.69) is 58.4 Å². The molecule has 0 saturated heterocycles. The molecule has 2 aromatic rings. The van der Waals surface area contributed by atoms with Crippen molar-refractivity contribution in [1.29, 1.82) is 0 Å². The lowest BCUT2D eigenvalue weighted by atomic mass is 10.0. The second-order valence-corrected chi connectivity index (χ2v) is 7.13. The summed E-state index contributed by atoms with van der Waals surface area (Å²) in [4.78, 5) is 0. The summed E-state index contributed by atoms with van der Waals surface area (Å²) >= 11 is 4.14. The highest BCUT2D eigenvalue weighted by Gasteiger charge is 2.13. The molecule has 0 amide bonds. The van der Waals surface area contributed by atoms with Crippen LogP contribution in [0.5, 0.6) is 5.75 Å². The molecule has 102 valence electrons. The highest BCUT2D eigenvalue weighted by molar-refractivity contribution is 14.1. The Kier molecular flexibility index (Phi) is 5.66. The highest BCUT2D eigenvalue weighted by atomic mass is 127. The number of halogens is 1. The van der Waals surface area contributed by atoms with Crippen molar-refractivity contribution < 1.29 is 4.74 Å². The maximum absolute atomic E-state index is 5.61. The second kappa shape index (κ2) is 7.26. The Morgan fingerprint density at radius 1 is 1.26 bits per heavy atom. The zero-order chi connectivity index (χ0) is 13.7. The fraction of sp³-hybridized carbons (Fsp3) is 0.333. The van der Waals surface area contributed by atoms with Crippen molar-refractivity contribution in [1.82, 2.24) is 5.32 Å². The van der Waals surface area contributed by atoms with Crippen LogP contribution in [0.2, 0.25) is 0 Å². The van der Waals surface area contributed by atoms with E-state index in [4.69, 9.17) is 4.74 Å². The summed E-state index contributed by atoms with van der Waals surface area (Å²) in [5.74, 6) is 0.945. The molecule has 2 nitrogen and oxygen atoms in total. The molecule has 0 radical (unpaired) electrons. The van der Waals surface area contributed by atoms with Gasteiger partial charge in [-0.15, -0.1) is 11.3 Å². The van der Waals surface area contributed by atoms with Gasteiger partial charge in [0.1, 0.15) is 5.75 Å². The van der Waals surface area contributed by atoms with E-state index < -0.39 is 0 Å². The molecule has 0 aliphatic heterocycles. The first-order valence-electron chi connectivity index (χ1n) is 6.38. The van der Waals surface area contributed by atoms with Gasteiger partial charge in [-0.05, 0) is 70.8 Å². The van der Waals surface area contributed by atoms with Gasteiger partial charge in [-0.2, -0.15) is 0 Å². The smallest absolute Gasteiger partial charge is 0.119 e. The number of ether oxygens (including phenoxy) is 1. The Morgan fingerprint density at radius 3 is 2.53 bits per heavy atom. The van der Waals surface area contributed by atoms with Crippen LogP contribution in [0.1, 0.15) is 30.5 Å². The lowest BCUT2D eigenvalue weighted by Crippen LogP contribution is -2.16. The van der Waals surface area contributed by atoms with Crippen molar-refractivity contribution in [2.45, 2.75) is 19.4 Å². The third kappa shape index (κ3) is 3.94. The molecule has 0 spiro atoms. The Bertz CT molecular complexity index is 509. The van der Waals surface area contributed by atoms with Crippen molar-refractivity contribution in [3.63, 3.8) is 0 Å². The fourth-order valence-electron chi connectivity index (χ4n) is 1.98. The third-order valence-corrected chi connectivity index (χ3v) is 4.70. The molecule has 1 unspecified atom stereocenters. The summed E-state index contributed by atoms with van der Waals surface area (Å²) in [5, 5.41) is 5.59. The Hall–Kier alpha value is -0.590. The zero-order valence-electron chi connectivity index (χ0n) is 11.2. The minimum atomic E-state index is 0.250. The first kappa shape index (κ1) is 14.8. The van der Waals surface area contributed by atoms with Crippen LogP contribution in [0.15, 0.2) is 35.7 Å². The van der Waals surface area contributed by atoms with Crippen LogP contribution in [0.4, 0.5) is 0 Å². The van der Waals surface area contributed by atoms with E-state index in [1.54, 1.807) is 11.3 Å². The van der Waals surface area contributed by atoms with E-state index in [0.29, 0.717) is 0 Å². The standard InChI is InChI=1S/C15H18INOS/c1-3-8-18-13-6-4-11(5-7-13)15(17-2)12-9-14(16)19-10-12/h4-7,9-10,15,17H,3,8H2,1-2H3. The summed E-state index contributed by atoms with van der Waals surface area (Å²) in [7, 11) is 2.00. The molecular formula is C15H18INOS. The topological polar surface area (TPSA) is 21.3 Å². The number of benzene rings is 1. The molecule has 0 fully saturated rings. The summed E-state index contributed by atoms with van der Waals surface area (Å²) < 4.78 is 6.93. The van der Waals surface area contributed by atoms with E-state index in [-0.39, 0.29) is 6.04 Å². The zero-order valence-corrected chi connectivity index (χ0v) is 14.1. The number of rotatable bonds is 6. The molecule has 1 aromatic heterocycles. The van der Waals surface area contributed by atoms with Gasteiger partial charge in [0.15, 0.2) is 0 Å². The van der Waals surface area contributed by atoms with Crippen LogP contribution >= 0.6 is 33.9 Å². The molecule has 0 saturated carbocycles. The molecule has 0 aliphatic carbocycles. The summed E-state index contributed by atoms with van der Waals surface area (Å²) in [6.45, 7) is 2.89. The van der Waals surface area contributed by atoms with Gasteiger partial charge >= 0.3 is 0 Å².